The van der Waals surface area contributed by atoms with Crippen molar-refractivity contribution in [1.29, 1.82) is 0 Å². The average Bonchev–Trinajstić information content (AvgIpc) is 3.13. The fourth-order valence-electron chi connectivity index (χ4n) is 3.44. The minimum Gasteiger partial charge on any atom is -0.370 e. The predicted molar refractivity (Wildman–Crippen MR) is 96.7 cm³/mol. The molecule has 3 N–H and O–H groups in total. The van der Waals surface area contributed by atoms with Gasteiger partial charge in [-0.25, -0.2) is 0 Å². The third-order valence-electron chi connectivity index (χ3n) is 4.74. The monoisotopic (exact) mass is 331 g/mol. The fraction of sp³-hybridized carbons (Fsp3) is 0.579. The molecule has 0 spiro atoms. The van der Waals surface area contributed by atoms with Gasteiger partial charge in [0.15, 0.2) is 0 Å². The summed E-state index contributed by atoms with van der Waals surface area (Å²) in [7, 11) is 0. The molecule has 1 saturated heterocycles. The summed E-state index contributed by atoms with van der Waals surface area (Å²) in [5.74, 6) is 1.22. The largest absolute Gasteiger partial charge is 0.370 e. The Bertz CT molecular complexity index is 566. The molecule has 2 aliphatic rings. The molecule has 3 rings (SSSR count). The SMILES string of the molecule is CC(=O)Nc1ccc([C@H]2C[C@@H]2CN2CCC[C@@H]2C)cc1.CC(N)=O. The third-order valence-corrected chi connectivity index (χ3v) is 4.74. The second kappa shape index (κ2) is 8.29. The Kier molecular flexibility index (Phi) is 6.37. The number of rotatable bonds is 4. The number of likely N-dealkylation sites (tertiary alicyclic amines) is 1. The van der Waals surface area contributed by atoms with Gasteiger partial charge < -0.3 is 16.0 Å². The highest BCUT2D eigenvalue weighted by atomic mass is 16.1. The van der Waals surface area contributed by atoms with Crippen molar-refractivity contribution in [3.8, 4) is 0 Å². The summed E-state index contributed by atoms with van der Waals surface area (Å²) >= 11 is 0. The van der Waals surface area contributed by atoms with Gasteiger partial charge in [-0.05, 0) is 62.3 Å². The molecular weight excluding hydrogens is 302 g/mol. The van der Waals surface area contributed by atoms with Gasteiger partial charge in [0.1, 0.15) is 0 Å². The van der Waals surface area contributed by atoms with E-state index in [2.05, 4.69) is 35.0 Å². The van der Waals surface area contributed by atoms with Crippen molar-refractivity contribution >= 4 is 17.5 Å². The number of nitrogens with one attached hydrogen (secondary N) is 1. The van der Waals surface area contributed by atoms with Crippen LogP contribution in [-0.4, -0.2) is 35.8 Å². The molecule has 1 aromatic rings. The van der Waals surface area contributed by atoms with E-state index in [0.717, 1.165) is 23.6 Å². The van der Waals surface area contributed by atoms with Crippen LogP contribution in [0.2, 0.25) is 0 Å². The van der Waals surface area contributed by atoms with E-state index >= 15 is 0 Å². The van der Waals surface area contributed by atoms with Gasteiger partial charge in [0.2, 0.25) is 11.8 Å². The Hall–Kier alpha value is -1.88. The van der Waals surface area contributed by atoms with Crippen LogP contribution in [0.3, 0.4) is 0 Å². The van der Waals surface area contributed by atoms with E-state index in [4.69, 9.17) is 0 Å². The van der Waals surface area contributed by atoms with Crippen LogP contribution >= 0.6 is 0 Å². The Morgan fingerprint density at radius 1 is 1.25 bits per heavy atom. The summed E-state index contributed by atoms with van der Waals surface area (Å²) in [4.78, 5) is 22.9. The highest BCUT2D eigenvalue weighted by Gasteiger charge is 2.40. The second-order valence-electron chi connectivity index (χ2n) is 7.00. The summed E-state index contributed by atoms with van der Waals surface area (Å²) in [5.41, 5.74) is 6.79. The van der Waals surface area contributed by atoms with Crippen LogP contribution in [0.15, 0.2) is 24.3 Å². The van der Waals surface area contributed by atoms with Gasteiger partial charge in [-0.3, -0.25) is 9.59 Å². The smallest absolute Gasteiger partial charge is 0.221 e. The van der Waals surface area contributed by atoms with Gasteiger partial charge in [0.05, 0.1) is 0 Å². The van der Waals surface area contributed by atoms with Crippen molar-refractivity contribution in [3.05, 3.63) is 29.8 Å². The number of carbonyl (C=O) groups is 2. The number of nitrogens with zero attached hydrogens (tertiary/aromatic N) is 1. The summed E-state index contributed by atoms with van der Waals surface area (Å²) in [6.07, 6.45) is 4.05. The quantitative estimate of drug-likeness (QED) is 0.891. The Morgan fingerprint density at radius 2 is 1.88 bits per heavy atom. The van der Waals surface area contributed by atoms with Crippen LogP contribution in [0, 0.1) is 5.92 Å². The van der Waals surface area contributed by atoms with Crippen LogP contribution in [0.5, 0.6) is 0 Å². The maximum atomic E-state index is 11.0. The van der Waals surface area contributed by atoms with Gasteiger partial charge in [-0.2, -0.15) is 0 Å². The maximum absolute atomic E-state index is 11.0. The molecule has 0 aromatic heterocycles. The van der Waals surface area contributed by atoms with Crippen molar-refractivity contribution in [3.63, 3.8) is 0 Å². The molecule has 5 nitrogen and oxygen atoms in total. The maximum Gasteiger partial charge on any atom is 0.221 e. The summed E-state index contributed by atoms with van der Waals surface area (Å²) in [6, 6.07) is 9.15. The molecule has 1 saturated carbocycles. The fourth-order valence-corrected chi connectivity index (χ4v) is 3.44. The lowest BCUT2D eigenvalue weighted by atomic mass is 10.1. The lowest BCUT2D eigenvalue weighted by molar-refractivity contribution is -0.116. The Labute approximate surface area is 144 Å². The summed E-state index contributed by atoms with van der Waals surface area (Å²) in [6.45, 7) is 7.75. The number of primary amides is 1. The van der Waals surface area contributed by atoms with Crippen LogP contribution in [0.4, 0.5) is 5.69 Å². The minimum absolute atomic E-state index is 0.00919. The first-order valence-electron chi connectivity index (χ1n) is 8.74. The first-order chi connectivity index (χ1) is 11.4. The molecule has 1 aliphatic heterocycles. The van der Waals surface area contributed by atoms with Crippen molar-refractivity contribution in [2.75, 3.05) is 18.4 Å². The summed E-state index contributed by atoms with van der Waals surface area (Å²) < 4.78 is 0. The van der Waals surface area contributed by atoms with Gasteiger partial charge >= 0.3 is 0 Å². The van der Waals surface area contributed by atoms with Gasteiger partial charge in [-0.1, -0.05) is 12.1 Å². The Morgan fingerprint density at radius 3 is 2.38 bits per heavy atom. The van der Waals surface area contributed by atoms with E-state index in [1.54, 1.807) is 6.92 Å². The number of carbonyl (C=O) groups excluding carboxylic acids is 2. The number of amides is 2. The average molecular weight is 331 g/mol. The van der Waals surface area contributed by atoms with Crippen molar-refractivity contribution in [2.45, 2.75) is 52.0 Å². The van der Waals surface area contributed by atoms with Crippen LogP contribution < -0.4 is 11.1 Å². The molecule has 1 aromatic carbocycles. The van der Waals surface area contributed by atoms with Gasteiger partial charge in [0.25, 0.3) is 0 Å². The number of hydrogen-bond acceptors (Lipinski definition) is 3. The zero-order chi connectivity index (χ0) is 17.7. The van der Waals surface area contributed by atoms with Crippen LogP contribution in [0.1, 0.15) is 51.5 Å². The molecule has 0 bridgehead atoms. The molecule has 0 radical (unpaired) electrons. The van der Waals surface area contributed by atoms with Crippen molar-refractivity contribution in [2.24, 2.45) is 11.7 Å². The van der Waals surface area contributed by atoms with Crippen LogP contribution in [-0.2, 0) is 9.59 Å². The first kappa shape index (κ1) is 18.5. The van der Waals surface area contributed by atoms with E-state index in [1.807, 2.05) is 12.1 Å². The van der Waals surface area contributed by atoms with Crippen LogP contribution in [0.25, 0.3) is 0 Å². The standard InChI is InChI=1S/C17H24N2O.C2H5NO/c1-12-4-3-9-19(12)11-15-10-17(15)14-5-7-16(8-6-14)18-13(2)20;1-2(3)4/h5-8,12,15,17H,3-4,9-11H2,1-2H3,(H,18,20);1H3,(H2,3,4)/t12-,15+,17+;/m0./s1. The number of nitrogens with two attached hydrogens (primary N) is 1. The molecule has 5 heteroatoms. The van der Waals surface area contributed by atoms with Gasteiger partial charge in [-0.15, -0.1) is 0 Å². The zero-order valence-corrected chi connectivity index (χ0v) is 14.9. The highest BCUT2D eigenvalue weighted by molar-refractivity contribution is 5.88. The van der Waals surface area contributed by atoms with E-state index in [9.17, 15) is 9.59 Å². The minimum atomic E-state index is -0.333. The van der Waals surface area contributed by atoms with Crippen molar-refractivity contribution < 1.29 is 9.59 Å². The van der Waals surface area contributed by atoms with Crippen molar-refractivity contribution in [1.82, 2.24) is 4.90 Å². The number of hydrogen-bond donors (Lipinski definition) is 2. The molecule has 2 amide bonds. The third kappa shape index (κ3) is 5.64. The number of anilines is 1. The Balaban J connectivity index is 0.000000471. The lowest BCUT2D eigenvalue weighted by Crippen LogP contribution is -2.29. The normalized spacial score (nSPS) is 25.5. The van der Waals surface area contributed by atoms with Gasteiger partial charge in [0, 0.05) is 32.1 Å². The molecule has 1 aliphatic carbocycles. The molecule has 2 fully saturated rings. The molecule has 132 valence electrons. The molecule has 3 atom stereocenters. The first-order valence-corrected chi connectivity index (χ1v) is 8.74. The predicted octanol–water partition coefficient (Wildman–Crippen LogP) is 2.72. The lowest BCUT2D eigenvalue weighted by Gasteiger charge is -2.20. The highest BCUT2D eigenvalue weighted by Crippen LogP contribution is 2.48. The van der Waals surface area contributed by atoms with E-state index in [1.165, 1.54) is 44.8 Å². The molecule has 24 heavy (non-hydrogen) atoms. The zero-order valence-electron chi connectivity index (χ0n) is 14.9. The number of benzene rings is 1. The molecule has 1 heterocycles. The topological polar surface area (TPSA) is 75.4 Å². The second-order valence-corrected chi connectivity index (χ2v) is 7.00. The molecular formula is C19H29N3O2. The van der Waals surface area contributed by atoms with E-state index in [-0.39, 0.29) is 11.8 Å². The molecule has 0 unspecified atom stereocenters. The van der Waals surface area contributed by atoms with E-state index < -0.39 is 0 Å². The summed E-state index contributed by atoms with van der Waals surface area (Å²) in [5, 5.41) is 2.82. The van der Waals surface area contributed by atoms with E-state index in [0.29, 0.717) is 0 Å².